The van der Waals surface area contributed by atoms with Crippen LogP contribution >= 0.6 is 0 Å². The first-order valence-electron chi connectivity index (χ1n) is 6.57. The van der Waals surface area contributed by atoms with Gasteiger partial charge in [-0.2, -0.15) is 8.42 Å². The number of aliphatic hydroxyl groups excluding tert-OH is 4. The zero-order valence-corrected chi connectivity index (χ0v) is 12.5. The quantitative estimate of drug-likeness (QED) is 0.489. The molecule has 1 saturated heterocycles. The van der Waals surface area contributed by atoms with E-state index in [-0.39, 0.29) is 4.90 Å². The first-order chi connectivity index (χ1) is 10.3. The highest BCUT2D eigenvalue weighted by molar-refractivity contribution is 7.86. The number of hydrogen-bond acceptors (Lipinski definition) is 8. The number of benzene rings is 1. The molecule has 124 valence electrons. The van der Waals surface area contributed by atoms with Gasteiger partial charge in [0.05, 0.1) is 11.5 Å². The van der Waals surface area contributed by atoms with Gasteiger partial charge in [-0.05, 0) is 18.6 Å². The van der Waals surface area contributed by atoms with Crippen molar-refractivity contribution in [2.24, 2.45) is 0 Å². The molecular weight excluding hydrogens is 316 g/mol. The molecule has 2 rings (SSSR count). The van der Waals surface area contributed by atoms with E-state index < -0.39 is 47.4 Å². The van der Waals surface area contributed by atoms with Crippen LogP contribution in [-0.2, 0) is 19.0 Å². The van der Waals surface area contributed by atoms with Crippen LogP contribution in [0.25, 0.3) is 0 Å². The van der Waals surface area contributed by atoms with E-state index in [1.54, 1.807) is 19.1 Å². The molecule has 1 fully saturated rings. The first-order valence-corrected chi connectivity index (χ1v) is 7.98. The third kappa shape index (κ3) is 3.30. The second kappa shape index (κ2) is 6.59. The molecular formula is C13H18O8S. The van der Waals surface area contributed by atoms with Crippen molar-refractivity contribution in [3.63, 3.8) is 0 Å². The molecule has 0 bridgehead atoms. The maximum Gasteiger partial charge on any atom is 0.299 e. The first kappa shape index (κ1) is 17.3. The lowest BCUT2D eigenvalue weighted by Gasteiger charge is -2.39. The lowest BCUT2D eigenvalue weighted by atomic mass is 10.00. The third-order valence-electron chi connectivity index (χ3n) is 3.43. The molecule has 0 aromatic heterocycles. The van der Waals surface area contributed by atoms with Crippen molar-refractivity contribution in [1.29, 1.82) is 0 Å². The van der Waals surface area contributed by atoms with Crippen LogP contribution in [0.15, 0.2) is 29.2 Å². The Morgan fingerprint density at radius 2 is 1.77 bits per heavy atom. The van der Waals surface area contributed by atoms with Crippen LogP contribution in [0.3, 0.4) is 0 Å². The van der Waals surface area contributed by atoms with Gasteiger partial charge in [-0.3, -0.25) is 0 Å². The minimum absolute atomic E-state index is 0.105. The van der Waals surface area contributed by atoms with Crippen molar-refractivity contribution in [1.82, 2.24) is 0 Å². The number of aliphatic hydroxyl groups is 4. The van der Waals surface area contributed by atoms with Gasteiger partial charge < -0.3 is 25.2 Å². The van der Waals surface area contributed by atoms with E-state index in [0.717, 1.165) is 0 Å². The van der Waals surface area contributed by atoms with Crippen LogP contribution in [0.4, 0.5) is 0 Å². The summed E-state index contributed by atoms with van der Waals surface area (Å²) < 4.78 is 34.3. The fourth-order valence-electron chi connectivity index (χ4n) is 2.16. The Labute approximate surface area is 127 Å². The molecule has 0 aliphatic carbocycles. The summed E-state index contributed by atoms with van der Waals surface area (Å²) in [5, 5.41) is 38.1. The maximum atomic E-state index is 12.2. The smallest absolute Gasteiger partial charge is 0.299 e. The SMILES string of the molecule is Cc1ccccc1S(=O)(=O)OC1O[C@H](CO)[C@@H](O)[C@H](O)[C@H]1O. The van der Waals surface area contributed by atoms with Gasteiger partial charge in [-0.25, -0.2) is 4.18 Å². The van der Waals surface area contributed by atoms with E-state index in [0.29, 0.717) is 5.56 Å². The molecule has 1 heterocycles. The van der Waals surface area contributed by atoms with Crippen LogP contribution in [0, 0.1) is 6.92 Å². The summed E-state index contributed by atoms with van der Waals surface area (Å²) in [7, 11) is -4.26. The molecule has 1 unspecified atom stereocenters. The molecule has 0 radical (unpaired) electrons. The highest BCUT2D eigenvalue weighted by Crippen LogP contribution is 2.26. The molecule has 4 N–H and O–H groups in total. The normalized spacial score (nSPS) is 32.9. The molecule has 1 aliphatic heterocycles. The molecule has 0 saturated carbocycles. The molecule has 1 aromatic carbocycles. The zero-order chi connectivity index (χ0) is 16.5. The number of ether oxygens (including phenoxy) is 1. The number of aryl methyl sites for hydroxylation is 1. The highest BCUT2D eigenvalue weighted by Gasteiger charge is 2.46. The Morgan fingerprint density at radius 1 is 1.14 bits per heavy atom. The van der Waals surface area contributed by atoms with Crippen molar-refractivity contribution >= 4 is 10.1 Å². The molecule has 8 nitrogen and oxygen atoms in total. The monoisotopic (exact) mass is 334 g/mol. The summed E-state index contributed by atoms with van der Waals surface area (Å²) in [6.45, 7) is 0.902. The summed E-state index contributed by atoms with van der Waals surface area (Å²) in [5.41, 5.74) is 0.437. The molecule has 9 heteroatoms. The van der Waals surface area contributed by atoms with Crippen LogP contribution in [0.5, 0.6) is 0 Å². The van der Waals surface area contributed by atoms with Crippen molar-refractivity contribution in [2.75, 3.05) is 6.61 Å². The standard InChI is InChI=1S/C13H18O8S/c1-7-4-2-3-5-9(7)22(18,19)21-13-12(17)11(16)10(15)8(6-14)20-13/h2-5,8,10-17H,6H2,1H3/t8-,10-,11+,12-,13?/m1/s1. The van der Waals surface area contributed by atoms with Crippen molar-refractivity contribution in [3.8, 4) is 0 Å². The second-order valence-corrected chi connectivity index (χ2v) is 6.55. The topological polar surface area (TPSA) is 134 Å². The summed E-state index contributed by atoms with van der Waals surface area (Å²) in [6.07, 6.45) is -8.05. The Morgan fingerprint density at radius 3 is 2.36 bits per heavy atom. The third-order valence-corrected chi connectivity index (χ3v) is 4.87. The summed E-state index contributed by atoms with van der Waals surface area (Å²) in [4.78, 5) is -0.105. The molecule has 0 amide bonds. The van der Waals surface area contributed by atoms with Gasteiger partial charge in [-0.1, -0.05) is 18.2 Å². The maximum absolute atomic E-state index is 12.2. The summed E-state index contributed by atoms with van der Waals surface area (Å²) in [5.74, 6) is 0. The van der Waals surface area contributed by atoms with Crippen LogP contribution < -0.4 is 0 Å². The highest BCUT2D eigenvalue weighted by atomic mass is 32.2. The number of hydrogen-bond donors (Lipinski definition) is 4. The predicted octanol–water partition coefficient (Wildman–Crippen LogP) is -1.50. The Bertz CT molecular complexity index is 614. The van der Waals surface area contributed by atoms with E-state index in [9.17, 15) is 23.7 Å². The Balaban J connectivity index is 2.23. The zero-order valence-electron chi connectivity index (χ0n) is 11.7. The second-order valence-electron chi connectivity index (χ2n) is 5.01. The van der Waals surface area contributed by atoms with Gasteiger partial charge in [0.1, 0.15) is 24.4 Å². The van der Waals surface area contributed by atoms with E-state index >= 15 is 0 Å². The average Bonchev–Trinajstić information content (AvgIpc) is 2.48. The van der Waals surface area contributed by atoms with Gasteiger partial charge in [0, 0.05) is 0 Å². The molecule has 0 spiro atoms. The predicted molar refractivity (Wildman–Crippen MR) is 73.2 cm³/mol. The fourth-order valence-corrected chi connectivity index (χ4v) is 3.38. The summed E-state index contributed by atoms with van der Waals surface area (Å²) in [6, 6.07) is 6.07. The largest absolute Gasteiger partial charge is 0.394 e. The molecule has 1 aliphatic rings. The lowest BCUT2D eigenvalue weighted by Crippen LogP contribution is -2.59. The van der Waals surface area contributed by atoms with E-state index in [2.05, 4.69) is 0 Å². The summed E-state index contributed by atoms with van der Waals surface area (Å²) >= 11 is 0. The van der Waals surface area contributed by atoms with Crippen LogP contribution in [0.2, 0.25) is 0 Å². The molecule has 5 atom stereocenters. The number of rotatable bonds is 4. The minimum atomic E-state index is -4.26. The minimum Gasteiger partial charge on any atom is -0.394 e. The molecule has 1 aromatic rings. The van der Waals surface area contributed by atoms with Gasteiger partial charge in [0.2, 0.25) is 6.29 Å². The van der Waals surface area contributed by atoms with E-state index in [1.807, 2.05) is 0 Å². The van der Waals surface area contributed by atoms with Crippen molar-refractivity contribution < 1.29 is 37.8 Å². The van der Waals surface area contributed by atoms with E-state index in [4.69, 9.17) is 14.0 Å². The lowest BCUT2D eigenvalue weighted by molar-refractivity contribution is -0.276. The van der Waals surface area contributed by atoms with Gasteiger partial charge >= 0.3 is 0 Å². The van der Waals surface area contributed by atoms with Gasteiger partial charge in [-0.15, -0.1) is 0 Å². The van der Waals surface area contributed by atoms with Crippen molar-refractivity contribution in [2.45, 2.75) is 42.5 Å². The fraction of sp³-hybridized carbons (Fsp3) is 0.538. The van der Waals surface area contributed by atoms with Crippen LogP contribution in [-0.4, -0.2) is 66.2 Å². The molecule has 22 heavy (non-hydrogen) atoms. The van der Waals surface area contributed by atoms with E-state index in [1.165, 1.54) is 12.1 Å². The van der Waals surface area contributed by atoms with Gasteiger partial charge in [0.15, 0.2) is 0 Å². The van der Waals surface area contributed by atoms with Crippen molar-refractivity contribution in [3.05, 3.63) is 29.8 Å². The average molecular weight is 334 g/mol. The Kier molecular flexibility index (Phi) is 5.17. The Hall–Kier alpha value is -1.07. The van der Waals surface area contributed by atoms with Gasteiger partial charge in [0.25, 0.3) is 10.1 Å². The van der Waals surface area contributed by atoms with Crippen LogP contribution in [0.1, 0.15) is 5.56 Å².